The number of hydrogen-bond donors (Lipinski definition) is 1. The third kappa shape index (κ3) is 2.58. The number of hydrogen-bond acceptors (Lipinski definition) is 6. The van der Waals surface area contributed by atoms with E-state index < -0.39 is 0 Å². The van der Waals surface area contributed by atoms with Crippen LogP contribution in [0.25, 0.3) is 0 Å². The summed E-state index contributed by atoms with van der Waals surface area (Å²) in [5.74, 6) is 0.583. The molecule has 0 saturated carbocycles. The molecule has 4 nitrogen and oxygen atoms in total. The van der Waals surface area contributed by atoms with Crippen molar-refractivity contribution >= 4 is 23.1 Å². The Morgan fingerprint density at radius 3 is 3.00 bits per heavy atom. The second-order valence-corrected chi connectivity index (χ2v) is 5.08. The van der Waals surface area contributed by atoms with Crippen molar-refractivity contribution in [3.8, 4) is 0 Å². The zero-order valence-corrected chi connectivity index (χ0v) is 9.85. The van der Waals surface area contributed by atoms with Crippen LogP contribution in [0.1, 0.15) is 16.0 Å². The van der Waals surface area contributed by atoms with Crippen molar-refractivity contribution in [2.24, 2.45) is 5.73 Å². The van der Waals surface area contributed by atoms with E-state index in [1.165, 1.54) is 16.6 Å². The highest BCUT2D eigenvalue weighted by atomic mass is 32.2. The average Bonchev–Trinajstić information content (AvgIpc) is 2.85. The van der Waals surface area contributed by atoms with E-state index in [0.717, 1.165) is 0 Å². The van der Waals surface area contributed by atoms with E-state index in [0.29, 0.717) is 17.7 Å². The Balaban J connectivity index is 2.09. The van der Waals surface area contributed by atoms with Gasteiger partial charge in [0.2, 0.25) is 5.89 Å². The molecule has 1 unspecified atom stereocenters. The summed E-state index contributed by atoms with van der Waals surface area (Å²) in [6, 6.07) is 4.08. The molecule has 15 heavy (non-hydrogen) atoms. The first kappa shape index (κ1) is 10.7. The Morgan fingerprint density at radius 1 is 1.60 bits per heavy atom. The minimum Gasteiger partial charge on any atom is -0.416 e. The molecule has 0 fully saturated rings. The van der Waals surface area contributed by atoms with Crippen molar-refractivity contribution < 1.29 is 4.42 Å². The van der Waals surface area contributed by atoms with E-state index in [1.54, 1.807) is 18.3 Å². The highest BCUT2D eigenvalue weighted by Crippen LogP contribution is 2.35. The number of aromatic nitrogens is 2. The molecule has 0 bridgehead atoms. The van der Waals surface area contributed by atoms with Crippen molar-refractivity contribution in [3.05, 3.63) is 28.3 Å². The van der Waals surface area contributed by atoms with Gasteiger partial charge in [0.25, 0.3) is 5.22 Å². The number of aryl methyl sites for hydroxylation is 1. The van der Waals surface area contributed by atoms with Gasteiger partial charge in [-0.25, -0.2) is 0 Å². The third-order valence-corrected chi connectivity index (χ3v) is 4.06. The molecule has 2 rings (SSSR count). The topological polar surface area (TPSA) is 64.9 Å². The average molecular weight is 241 g/mol. The summed E-state index contributed by atoms with van der Waals surface area (Å²) < 4.78 is 5.30. The van der Waals surface area contributed by atoms with Gasteiger partial charge in [0.1, 0.15) is 0 Å². The molecular formula is C9H11N3OS2. The molecule has 2 aromatic heterocycles. The van der Waals surface area contributed by atoms with Crippen LogP contribution in [0.5, 0.6) is 0 Å². The highest BCUT2D eigenvalue weighted by Gasteiger charge is 2.15. The van der Waals surface area contributed by atoms with E-state index in [9.17, 15) is 0 Å². The summed E-state index contributed by atoms with van der Waals surface area (Å²) in [7, 11) is 0. The molecular weight excluding hydrogens is 230 g/mol. The fourth-order valence-electron chi connectivity index (χ4n) is 1.14. The second kappa shape index (κ2) is 4.78. The molecule has 6 heteroatoms. The van der Waals surface area contributed by atoms with Crippen molar-refractivity contribution in [3.63, 3.8) is 0 Å². The van der Waals surface area contributed by atoms with E-state index in [4.69, 9.17) is 10.2 Å². The van der Waals surface area contributed by atoms with Crippen molar-refractivity contribution in [2.75, 3.05) is 6.54 Å². The van der Waals surface area contributed by atoms with Gasteiger partial charge in [0, 0.05) is 18.3 Å². The summed E-state index contributed by atoms with van der Waals surface area (Å²) in [4.78, 5) is 1.23. The van der Waals surface area contributed by atoms with Crippen LogP contribution in [0.15, 0.2) is 27.2 Å². The maximum atomic E-state index is 5.71. The summed E-state index contributed by atoms with van der Waals surface area (Å²) >= 11 is 3.20. The molecule has 80 valence electrons. The van der Waals surface area contributed by atoms with Crippen LogP contribution < -0.4 is 5.73 Å². The zero-order chi connectivity index (χ0) is 10.7. The highest BCUT2D eigenvalue weighted by molar-refractivity contribution is 7.99. The van der Waals surface area contributed by atoms with Gasteiger partial charge in [-0.05, 0) is 11.4 Å². The van der Waals surface area contributed by atoms with Crippen LogP contribution in [0, 0.1) is 6.92 Å². The predicted molar refractivity (Wildman–Crippen MR) is 61.0 cm³/mol. The molecule has 0 aliphatic rings. The lowest BCUT2D eigenvalue weighted by atomic mass is 10.3. The Morgan fingerprint density at radius 2 is 2.47 bits per heavy atom. The third-order valence-electron chi connectivity index (χ3n) is 1.83. The summed E-state index contributed by atoms with van der Waals surface area (Å²) in [5.41, 5.74) is 5.71. The quantitative estimate of drug-likeness (QED) is 0.831. The predicted octanol–water partition coefficient (Wildman–Crippen LogP) is 2.23. The normalized spacial score (nSPS) is 12.9. The molecule has 0 aromatic carbocycles. The molecule has 0 radical (unpaired) electrons. The van der Waals surface area contributed by atoms with Crippen LogP contribution in [0.4, 0.5) is 0 Å². The molecule has 1 atom stereocenters. The maximum absolute atomic E-state index is 5.71. The Bertz CT molecular complexity index is 413. The van der Waals surface area contributed by atoms with E-state index in [-0.39, 0.29) is 5.25 Å². The number of nitrogens with two attached hydrogens (primary N) is 1. The smallest absolute Gasteiger partial charge is 0.277 e. The lowest BCUT2D eigenvalue weighted by molar-refractivity contribution is 0.428. The van der Waals surface area contributed by atoms with Gasteiger partial charge < -0.3 is 10.2 Å². The minimum absolute atomic E-state index is 0.199. The lowest BCUT2D eigenvalue weighted by Gasteiger charge is -2.08. The molecule has 0 saturated heterocycles. The first-order chi connectivity index (χ1) is 7.29. The van der Waals surface area contributed by atoms with Gasteiger partial charge in [-0.3, -0.25) is 0 Å². The van der Waals surface area contributed by atoms with E-state index >= 15 is 0 Å². The van der Waals surface area contributed by atoms with Crippen molar-refractivity contribution in [2.45, 2.75) is 17.4 Å². The van der Waals surface area contributed by atoms with E-state index in [1.807, 2.05) is 11.4 Å². The van der Waals surface area contributed by atoms with E-state index in [2.05, 4.69) is 16.3 Å². The van der Waals surface area contributed by atoms with Crippen LogP contribution in [-0.2, 0) is 0 Å². The summed E-state index contributed by atoms with van der Waals surface area (Å²) in [5, 5.41) is 10.5. The first-order valence-electron chi connectivity index (χ1n) is 4.50. The molecule has 2 N–H and O–H groups in total. The van der Waals surface area contributed by atoms with Gasteiger partial charge >= 0.3 is 0 Å². The molecule has 2 aromatic rings. The molecule has 0 amide bonds. The number of nitrogens with zero attached hydrogens (tertiary/aromatic N) is 2. The lowest BCUT2D eigenvalue weighted by Crippen LogP contribution is -2.07. The van der Waals surface area contributed by atoms with Gasteiger partial charge in [0.15, 0.2) is 0 Å². The van der Waals surface area contributed by atoms with Gasteiger partial charge in [0.05, 0.1) is 5.25 Å². The van der Waals surface area contributed by atoms with Gasteiger partial charge in [-0.1, -0.05) is 17.8 Å². The number of rotatable bonds is 4. The van der Waals surface area contributed by atoms with Crippen LogP contribution in [0.3, 0.4) is 0 Å². The largest absolute Gasteiger partial charge is 0.416 e. The number of thiophene rings is 1. The Hall–Kier alpha value is -0.850. The molecule has 2 heterocycles. The van der Waals surface area contributed by atoms with Gasteiger partial charge in [-0.15, -0.1) is 21.5 Å². The van der Waals surface area contributed by atoms with Gasteiger partial charge in [-0.2, -0.15) is 0 Å². The van der Waals surface area contributed by atoms with Crippen LogP contribution in [0.2, 0.25) is 0 Å². The van der Waals surface area contributed by atoms with Crippen molar-refractivity contribution in [1.82, 2.24) is 10.2 Å². The second-order valence-electron chi connectivity index (χ2n) is 2.94. The summed E-state index contributed by atoms with van der Waals surface area (Å²) in [6.07, 6.45) is 0. The molecule has 0 aliphatic carbocycles. The fraction of sp³-hybridized carbons (Fsp3) is 0.333. The SMILES string of the molecule is Cc1nnc(SC(CN)c2cccs2)o1. The molecule has 0 aliphatic heterocycles. The fourth-order valence-corrected chi connectivity index (χ4v) is 2.97. The minimum atomic E-state index is 0.199. The summed E-state index contributed by atoms with van der Waals surface area (Å²) in [6.45, 7) is 2.34. The van der Waals surface area contributed by atoms with Crippen LogP contribution >= 0.6 is 23.1 Å². The first-order valence-corrected chi connectivity index (χ1v) is 6.25. The molecule has 0 spiro atoms. The zero-order valence-electron chi connectivity index (χ0n) is 8.21. The van der Waals surface area contributed by atoms with Crippen LogP contribution in [-0.4, -0.2) is 16.7 Å². The monoisotopic (exact) mass is 241 g/mol. The maximum Gasteiger partial charge on any atom is 0.277 e. The standard InChI is InChI=1S/C9H11N3OS2/c1-6-11-12-9(13-6)15-8(5-10)7-3-2-4-14-7/h2-4,8H,5,10H2,1H3. The van der Waals surface area contributed by atoms with Crippen molar-refractivity contribution in [1.29, 1.82) is 0 Å². The Kier molecular flexibility index (Phi) is 3.40. The number of thioether (sulfide) groups is 1. The Labute approximate surface area is 95.9 Å².